The fourth-order valence-electron chi connectivity index (χ4n) is 6.78. The number of amides is 2. The van der Waals surface area contributed by atoms with Crippen molar-refractivity contribution in [1.29, 1.82) is 0 Å². The molecule has 1 fully saturated rings. The van der Waals surface area contributed by atoms with Gasteiger partial charge in [0.05, 0.1) is 11.7 Å². The van der Waals surface area contributed by atoms with Gasteiger partial charge in [0.25, 0.3) is 5.91 Å². The van der Waals surface area contributed by atoms with E-state index in [9.17, 15) is 22.8 Å². The van der Waals surface area contributed by atoms with E-state index in [1.807, 2.05) is 42.5 Å². The van der Waals surface area contributed by atoms with Crippen LogP contribution in [0, 0.1) is 0 Å². The van der Waals surface area contributed by atoms with E-state index in [4.69, 9.17) is 4.74 Å². The van der Waals surface area contributed by atoms with E-state index in [1.165, 1.54) is 5.39 Å². The van der Waals surface area contributed by atoms with E-state index in [0.29, 0.717) is 17.3 Å². The number of nitrogens with one attached hydrogen (secondary N) is 2. The minimum atomic E-state index is -4.79. The third-order valence-electron chi connectivity index (χ3n) is 9.31. The molecule has 2 amide bonds. The Bertz CT molecular complexity index is 2320. The number of aromatic nitrogens is 2. The highest BCUT2D eigenvalue weighted by Crippen LogP contribution is 2.42. The van der Waals surface area contributed by atoms with E-state index in [-0.39, 0.29) is 24.0 Å². The van der Waals surface area contributed by atoms with Crippen LogP contribution in [0.5, 0.6) is 0 Å². The number of rotatable bonds is 9. The molecule has 0 radical (unpaired) electrons. The lowest BCUT2D eigenvalue weighted by molar-refractivity contribution is -0.141. The summed E-state index contributed by atoms with van der Waals surface area (Å²) in [7, 11) is 2.12. The molecule has 7 rings (SSSR count). The van der Waals surface area contributed by atoms with Crippen molar-refractivity contribution in [3.05, 3.63) is 137 Å². The highest BCUT2D eigenvalue weighted by molar-refractivity contribution is 6.09. The van der Waals surface area contributed by atoms with Crippen LogP contribution in [0.15, 0.2) is 109 Å². The largest absolute Gasteiger partial charge is 0.444 e. The predicted molar refractivity (Wildman–Crippen MR) is 200 cm³/mol. The Morgan fingerprint density at radius 3 is 2.28 bits per heavy atom. The summed E-state index contributed by atoms with van der Waals surface area (Å²) in [5.41, 5.74) is 1.09. The first-order valence-corrected chi connectivity index (χ1v) is 17.5. The molecule has 1 heterocycles. The SMILES string of the molecule is CN(C1CC1)C(c1cccc(NC(=O)c2cc(C(F)(F)F)nn2-c2cccc(CNC(=O)OC(C)(C)C)c2)c1)c1cc2ccccc2c2ccccc12. The molecule has 1 saturated carbocycles. The molecule has 272 valence electrons. The molecule has 1 atom stereocenters. The van der Waals surface area contributed by atoms with Gasteiger partial charge in [-0.2, -0.15) is 18.3 Å². The molecule has 1 unspecified atom stereocenters. The lowest BCUT2D eigenvalue weighted by Gasteiger charge is -2.31. The van der Waals surface area contributed by atoms with Crippen molar-refractivity contribution in [1.82, 2.24) is 20.0 Å². The van der Waals surface area contributed by atoms with Gasteiger partial charge in [-0.15, -0.1) is 0 Å². The van der Waals surface area contributed by atoms with E-state index in [0.717, 1.165) is 50.9 Å². The number of carbonyl (C=O) groups is 2. The van der Waals surface area contributed by atoms with Crippen molar-refractivity contribution in [2.45, 2.75) is 64.0 Å². The van der Waals surface area contributed by atoms with Gasteiger partial charge in [-0.25, -0.2) is 9.48 Å². The van der Waals surface area contributed by atoms with Gasteiger partial charge >= 0.3 is 12.3 Å². The Morgan fingerprint density at radius 2 is 1.57 bits per heavy atom. The summed E-state index contributed by atoms with van der Waals surface area (Å²) in [5, 5.41) is 13.9. The molecule has 0 spiro atoms. The van der Waals surface area contributed by atoms with Crippen LogP contribution in [0.25, 0.3) is 27.2 Å². The van der Waals surface area contributed by atoms with Crippen LogP contribution in [0.3, 0.4) is 0 Å². The molecule has 1 aliphatic rings. The van der Waals surface area contributed by atoms with Gasteiger partial charge in [-0.3, -0.25) is 9.69 Å². The van der Waals surface area contributed by atoms with E-state index >= 15 is 0 Å². The van der Waals surface area contributed by atoms with Crippen LogP contribution in [-0.2, 0) is 17.5 Å². The number of benzene rings is 5. The number of hydrogen-bond donors (Lipinski definition) is 2. The second-order valence-corrected chi connectivity index (χ2v) is 14.5. The zero-order chi connectivity index (χ0) is 37.5. The number of carbonyl (C=O) groups excluding carboxylic acids is 2. The molecule has 0 saturated heterocycles. The lowest BCUT2D eigenvalue weighted by Crippen LogP contribution is -2.32. The quantitative estimate of drug-likeness (QED) is 0.145. The number of hydrogen-bond acceptors (Lipinski definition) is 5. The molecule has 8 nitrogen and oxygen atoms in total. The molecule has 1 aliphatic carbocycles. The fraction of sp³-hybridized carbons (Fsp3) is 0.262. The maximum absolute atomic E-state index is 14.0. The molecule has 11 heteroatoms. The Morgan fingerprint density at radius 1 is 0.868 bits per heavy atom. The first kappa shape index (κ1) is 35.7. The first-order chi connectivity index (χ1) is 25.2. The number of alkyl halides is 3. The summed E-state index contributed by atoms with van der Waals surface area (Å²) in [6.45, 7) is 5.27. The Balaban J connectivity index is 1.22. The highest BCUT2D eigenvalue weighted by Gasteiger charge is 2.37. The lowest BCUT2D eigenvalue weighted by atomic mass is 9.89. The van der Waals surface area contributed by atoms with Gasteiger partial charge in [0.2, 0.25) is 0 Å². The van der Waals surface area contributed by atoms with Crippen molar-refractivity contribution < 1.29 is 27.5 Å². The van der Waals surface area contributed by atoms with Gasteiger partial charge < -0.3 is 15.4 Å². The van der Waals surface area contributed by atoms with Crippen LogP contribution in [0.4, 0.5) is 23.7 Å². The molecule has 0 aliphatic heterocycles. The summed E-state index contributed by atoms with van der Waals surface area (Å²) in [6.07, 6.45) is -3.26. The average Bonchev–Trinajstić information content (AvgIpc) is 3.87. The second kappa shape index (κ2) is 14.0. The number of anilines is 1. The third kappa shape index (κ3) is 7.90. The van der Waals surface area contributed by atoms with Crippen LogP contribution < -0.4 is 10.6 Å². The van der Waals surface area contributed by atoms with Crippen molar-refractivity contribution in [3.63, 3.8) is 0 Å². The summed E-state index contributed by atoms with van der Waals surface area (Å²) in [6, 6.07) is 33.8. The number of alkyl carbamates (subject to hydrolysis) is 1. The smallest absolute Gasteiger partial charge is 0.435 e. The number of halogens is 3. The Hall–Kier alpha value is -5.68. The molecule has 2 N–H and O–H groups in total. The van der Waals surface area contributed by atoms with E-state index < -0.39 is 29.5 Å². The van der Waals surface area contributed by atoms with Crippen LogP contribution >= 0.6 is 0 Å². The third-order valence-corrected chi connectivity index (χ3v) is 9.31. The highest BCUT2D eigenvalue weighted by atomic mass is 19.4. The molecule has 1 aromatic heterocycles. The number of fused-ring (bicyclic) bond motifs is 3. The maximum Gasteiger partial charge on any atom is 0.435 e. The Kier molecular flexibility index (Phi) is 9.46. The van der Waals surface area contributed by atoms with E-state index in [2.05, 4.69) is 58.0 Å². The number of nitrogens with zero attached hydrogens (tertiary/aromatic N) is 3. The summed E-state index contributed by atoms with van der Waals surface area (Å²) in [4.78, 5) is 28.5. The van der Waals surface area contributed by atoms with Crippen molar-refractivity contribution >= 4 is 39.2 Å². The number of ether oxygens (including phenoxy) is 1. The zero-order valence-electron chi connectivity index (χ0n) is 29.9. The van der Waals surface area contributed by atoms with Crippen LogP contribution in [0.2, 0.25) is 0 Å². The van der Waals surface area contributed by atoms with Crippen LogP contribution in [-0.4, -0.2) is 45.4 Å². The zero-order valence-corrected chi connectivity index (χ0v) is 29.9. The first-order valence-electron chi connectivity index (χ1n) is 17.5. The maximum atomic E-state index is 14.0. The standard InChI is InChI=1S/C42H40F3N5O3/c1-41(2,3)53-40(52)46-25-26-11-9-15-31(21-26)50-36(24-37(48-50)42(43,44)45)39(51)47-29-14-10-13-28(22-29)38(49(4)30-19-20-30)35-23-27-12-5-6-16-32(27)33-17-7-8-18-34(33)35/h5-18,21-24,30,38H,19-20,25H2,1-4H3,(H,46,52)(H,47,51). The Labute approximate surface area is 305 Å². The minimum absolute atomic E-state index is 0.0490. The van der Waals surface area contributed by atoms with Crippen molar-refractivity contribution in [3.8, 4) is 5.69 Å². The molecule has 53 heavy (non-hydrogen) atoms. The predicted octanol–water partition coefficient (Wildman–Crippen LogP) is 9.66. The molecular weight excluding hydrogens is 679 g/mol. The minimum Gasteiger partial charge on any atom is -0.444 e. The average molecular weight is 720 g/mol. The van der Waals surface area contributed by atoms with Crippen molar-refractivity contribution in [2.24, 2.45) is 0 Å². The monoisotopic (exact) mass is 719 g/mol. The summed E-state index contributed by atoms with van der Waals surface area (Å²) >= 11 is 0. The topological polar surface area (TPSA) is 88.5 Å². The molecular formula is C42H40F3N5O3. The van der Waals surface area contributed by atoms with Crippen molar-refractivity contribution in [2.75, 3.05) is 12.4 Å². The van der Waals surface area contributed by atoms with E-state index in [1.54, 1.807) is 51.1 Å². The molecule has 5 aromatic carbocycles. The summed E-state index contributed by atoms with van der Waals surface area (Å²) in [5.74, 6) is -0.759. The normalized spacial score (nSPS) is 14.0. The van der Waals surface area contributed by atoms with Gasteiger partial charge in [-0.05, 0) is 109 Å². The molecule has 6 aromatic rings. The fourth-order valence-corrected chi connectivity index (χ4v) is 6.78. The van der Waals surface area contributed by atoms with Gasteiger partial charge in [-0.1, -0.05) is 72.8 Å². The molecule has 0 bridgehead atoms. The summed E-state index contributed by atoms with van der Waals surface area (Å²) < 4.78 is 48.2. The van der Waals surface area contributed by atoms with Gasteiger partial charge in [0.1, 0.15) is 11.3 Å². The van der Waals surface area contributed by atoms with Gasteiger partial charge in [0, 0.05) is 24.3 Å². The van der Waals surface area contributed by atoms with Gasteiger partial charge in [0.15, 0.2) is 5.69 Å². The second-order valence-electron chi connectivity index (χ2n) is 14.5. The van der Waals surface area contributed by atoms with Crippen LogP contribution in [0.1, 0.15) is 72.5 Å².